The van der Waals surface area contributed by atoms with Gasteiger partial charge in [-0.2, -0.15) is 0 Å². The molecule has 0 saturated carbocycles. The van der Waals surface area contributed by atoms with Crippen LogP contribution in [0.1, 0.15) is 13.3 Å². The van der Waals surface area contributed by atoms with Gasteiger partial charge in [0.2, 0.25) is 0 Å². The van der Waals surface area contributed by atoms with Crippen LogP contribution in [-0.2, 0) is 4.79 Å². The van der Waals surface area contributed by atoms with Gasteiger partial charge in [-0.25, -0.2) is 4.79 Å². The van der Waals surface area contributed by atoms with Gasteiger partial charge in [0.25, 0.3) is 0 Å². The third kappa shape index (κ3) is 5.21. The topological polar surface area (TPSA) is 57.5 Å². The summed E-state index contributed by atoms with van der Waals surface area (Å²) in [6.07, 6.45) is -0.907. The van der Waals surface area contributed by atoms with Crippen molar-refractivity contribution in [2.75, 3.05) is 0 Å². The average molecular weight is 143 g/mol. The second kappa shape index (κ2) is 6.19. The predicted octanol–water partition coefficient (Wildman–Crippen LogP) is -0.539. The first-order chi connectivity index (χ1) is 3.18. The Balaban J connectivity index is 0. The molecule has 0 rings (SSSR count). The van der Waals surface area contributed by atoms with Crippen molar-refractivity contribution in [2.45, 2.75) is 19.4 Å². The molecule has 4 heteroatoms. The van der Waals surface area contributed by atoms with Gasteiger partial charge in [-0.15, -0.1) is 0 Å². The Labute approximate surface area is 90.5 Å². The Morgan fingerprint density at radius 3 is 2.12 bits per heavy atom. The molecule has 2 N–H and O–H groups in total. The Morgan fingerprint density at radius 2 is 2.12 bits per heavy atom. The van der Waals surface area contributed by atoms with Gasteiger partial charge in [0.15, 0.2) is 6.10 Å². The summed E-state index contributed by atoms with van der Waals surface area (Å²) >= 11 is 0. The molecule has 0 saturated heterocycles. The second-order valence-corrected chi connectivity index (χ2v) is 1.26. The van der Waals surface area contributed by atoms with Gasteiger partial charge >= 0.3 is 5.97 Å². The number of aliphatic hydroxyl groups is 1. The van der Waals surface area contributed by atoms with Gasteiger partial charge in [-0.3, -0.25) is 0 Å². The second-order valence-electron chi connectivity index (χ2n) is 1.26. The molecule has 3 nitrogen and oxygen atoms in total. The van der Waals surface area contributed by atoms with E-state index in [1.807, 2.05) is 0 Å². The van der Waals surface area contributed by atoms with Crippen LogP contribution in [0.3, 0.4) is 0 Å². The zero-order chi connectivity index (χ0) is 5.86. The van der Waals surface area contributed by atoms with Crippen molar-refractivity contribution in [2.24, 2.45) is 0 Å². The third-order valence-corrected chi connectivity index (χ3v) is 0.672. The number of carboxylic acids is 1. The minimum atomic E-state index is -1.18. The monoisotopic (exact) mass is 143 g/mol. The number of hydrogen-bond donors (Lipinski definition) is 2. The molecule has 0 spiro atoms. The van der Waals surface area contributed by atoms with Crippen molar-refractivity contribution < 1.29 is 15.0 Å². The van der Waals surface area contributed by atoms with Gasteiger partial charge in [-0.05, 0) is 6.42 Å². The summed E-state index contributed by atoms with van der Waals surface area (Å²) in [6, 6.07) is 0. The maximum atomic E-state index is 9.68. The minimum absolute atomic E-state index is 0. The fourth-order valence-corrected chi connectivity index (χ4v) is 0.175. The SMILES string of the molecule is CCC(O)C(=O)O.[K]. The molecule has 1 atom stereocenters. The molecule has 0 aromatic carbocycles. The molecule has 1 radical (unpaired) electrons. The largest absolute Gasteiger partial charge is 0.479 e. The number of carboxylic acid groups (broad SMARTS) is 1. The van der Waals surface area contributed by atoms with E-state index in [4.69, 9.17) is 10.2 Å². The number of hydrogen-bond acceptors (Lipinski definition) is 2. The Morgan fingerprint density at radius 1 is 1.75 bits per heavy atom. The van der Waals surface area contributed by atoms with Gasteiger partial charge in [0.05, 0.1) is 0 Å². The van der Waals surface area contributed by atoms with Crippen LogP contribution in [0.5, 0.6) is 0 Å². The number of aliphatic hydroxyl groups excluding tert-OH is 1. The normalized spacial score (nSPS) is 11.8. The molecule has 0 aliphatic heterocycles. The Hall–Kier alpha value is 1.07. The van der Waals surface area contributed by atoms with Crippen LogP contribution in [0, 0.1) is 0 Å². The molecule has 0 aliphatic carbocycles. The summed E-state index contributed by atoms with van der Waals surface area (Å²) < 4.78 is 0. The first-order valence-electron chi connectivity index (χ1n) is 2.09. The standard InChI is InChI=1S/C4H8O3.K/c1-2-3(5)4(6)7;/h3,5H,2H2,1H3,(H,6,7);. The van der Waals surface area contributed by atoms with E-state index < -0.39 is 12.1 Å². The Kier molecular flexibility index (Phi) is 9.14. The van der Waals surface area contributed by atoms with Gasteiger partial charge in [0, 0.05) is 51.4 Å². The first kappa shape index (κ1) is 11.8. The first-order valence-corrected chi connectivity index (χ1v) is 2.09. The van der Waals surface area contributed by atoms with Crippen LogP contribution in [0.2, 0.25) is 0 Å². The molecule has 1 unspecified atom stereocenters. The van der Waals surface area contributed by atoms with E-state index in [2.05, 4.69) is 0 Å². The zero-order valence-corrected chi connectivity index (χ0v) is 8.21. The molecule has 0 fully saturated rings. The van der Waals surface area contributed by atoms with Gasteiger partial charge < -0.3 is 10.2 Å². The van der Waals surface area contributed by atoms with Crippen LogP contribution < -0.4 is 0 Å². The maximum absolute atomic E-state index is 9.68. The minimum Gasteiger partial charge on any atom is -0.479 e. The predicted molar refractivity (Wildman–Crippen MR) is 29.7 cm³/mol. The number of aliphatic carboxylic acids is 1. The fourth-order valence-electron chi connectivity index (χ4n) is 0.175. The Bertz CT molecular complexity index is 73.7. The molecule has 0 aromatic heterocycles. The van der Waals surface area contributed by atoms with Crippen molar-refractivity contribution in [3.8, 4) is 0 Å². The summed E-state index contributed by atoms with van der Waals surface area (Å²) in [7, 11) is 0. The maximum Gasteiger partial charge on any atom is 0.332 e. The third-order valence-electron chi connectivity index (χ3n) is 0.672. The van der Waals surface area contributed by atoms with Crippen molar-refractivity contribution >= 4 is 57.4 Å². The van der Waals surface area contributed by atoms with Crippen LogP contribution in [0.4, 0.5) is 0 Å². The molecule has 0 bridgehead atoms. The van der Waals surface area contributed by atoms with Gasteiger partial charge in [-0.1, -0.05) is 6.92 Å². The molecule has 43 valence electrons. The van der Waals surface area contributed by atoms with E-state index in [1.54, 1.807) is 6.92 Å². The molecule has 8 heavy (non-hydrogen) atoms. The van der Waals surface area contributed by atoms with E-state index in [0.717, 1.165) is 0 Å². The smallest absolute Gasteiger partial charge is 0.332 e. The fraction of sp³-hybridized carbons (Fsp3) is 0.750. The summed E-state index contributed by atoms with van der Waals surface area (Å²) in [4.78, 5) is 9.68. The zero-order valence-electron chi connectivity index (χ0n) is 5.09. The quantitative estimate of drug-likeness (QED) is 0.510. The van der Waals surface area contributed by atoms with Crippen LogP contribution in [0.15, 0.2) is 0 Å². The summed E-state index contributed by atoms with van der Waals surface area (Å²) in [5, 5.41) is 16.3. The summed E-state index contributed by atoms with van der Waals surface area (Å²) in [6.45, 7) is 1.61. The number of carbonyl (C=O) groups is 1. The van der Waals surface area contributed by atoms with Crippen molar-refractivity contribution in [3.63, 3.8) is 0 Å². The molecular weight excluding hydrogens is 135 g/mol. The van der Waals surface area contributed by atoms with Crippen LogP contribution >= 0.6 is 0 Å². The van der Waals surface area contributed by atoms with Gasteiger partial charge in [0.1, 0.15) is 0 Å². The van der Waals surface area contributed by atoms with Crippen LogP contribution in [-0.4, -0.2) is 73.7 Å². The number of rotatable bonds is 2. The molecular formula is C4H8KO3. The van der Waals surface area contributed by atoms with E-state index in [0.29, 0.717) is 0 Å². The van der Waals surface area contributed by atoms with Crippen molar-refractivity contribution in [3.05, 3.63) is 0 Å². The van der Waals surface area contributed by atoms with Crippen molar-refractivity contribution in [1.82, 2.24) is 0 Å². The van der Waals surface area contributed by atoms with Crippen LogP contribution in [0.25, 0.3) is 0 Å². The molecule has 0 aliphatic rings. The summed E-state index contributed by atoms with van der Waals surface area (Å²) in [5.74, 6) is -1.15. The van der Waals surface area contributed by atoms with E-state index in [1.165, 1.54) is 0 Å². The van der Waals surface area contributed by atoms with Crippen molar-refractivity contribution in [1.29, 1.82) is 0 Å². The van der Waals surface area contributed by atoms with E-state index in [9.17, 15) is 4.79 Å². The average Bonchev–Trinajstić information content (AvgIpc) is 1.65. The van der Waals surface area contributed by atoms with E-state index in [-0.39, 0.29) is 57.8 Å². The molecule has 0 aromatic rings. The van der Waals surface area contributed by atoms with E-state index >= 15 is 0 Å². The molecule has 0 amide bonds. The molecule has 0 heterocycles. The summed E-state index contributed by atoms with van der Waals surface area (Å²) in [5.41, 5.74) is 0.